The summed E-state index contributed by atoms with van der Waals surface area (Å²) >= 11 is 0. The summed E-state index contributed by atoms with van der Waals surface area (Å²) < 4.78 is 18.2. The highest BCUT2D eigenvalue weighted by Crippen LogP contribution is 2.33. The molecule has 2 aromatic carbocycles. The maximum absolute atomic E-state index is 12.9. The Morgan fingerprint density at radius 2 is 1.82 bits per heavy atom. The number of nitrogens with one attached hydrogen (secondary N) is 3. The number of dihydropyridines is 1. The van der Waals surface area contributed by atoms with Crippen LogP contribution in [0.5, 0.6) is 5.75 Å². The van der Waals surface area contributed by atoms with Crippen LogP contribution in [-0.2, 0) is 14.9 Å². The fourth-order valence-electron chi connectivity index (χ4n) is 4.15. The van der Waals surface area contributed by atoms with Crippen molar-refractivity contribution in [3.05, 3.63) is 90.2 Å². The van der Waals surface area contributed by atoms with Gasteiger partial charge >= 0.3 is 6.03 Å². The largest absolute Gasteiger partial charge is 0.483 e. The van der Waals surface area contributed by atoms with Gasteiger partial charge in [-0.25, -0.2) is 9.48 Å². The number of hydrogen-bond donors (Lipinski definition) is 3. The van der Waals surface area contributed by atoms with Crippen molar-refractivity contribution in [1.29, 1.82) is 0 Å². The number of urea groups is 1. The average molecular weight is 529 g/mol. The van der Waals surface area contributed by atoms with Crippen LogP contribution in [0.1, 0.15) is 24.6 Å². The Bertz CT molecular complexity index is 1420. The monoisotopic (exact) mass is 528 g/mol. The third kappa shape index (κ3) is 6.12. The molecule has 0 spiro atoms. The number of benzene rings is 2. The van der Waals surface area contributed by atoms with Gasteiger partial charge in [0.25, 0.3) is 0 Å². The first-order chi connectivity index (χ1) is 18.8. The highest BCUT2D eigenvalue weighted by atomic mass is 16.5. The number of carbonyl (C=O) groups is 1. The van der Waals surface area contributed by atoms with E-state index in [9.17, 15) is 4.79 Å². The molecule has 39 heavy (non-hydrogen) atoms. The molecule has 0 radical (unpaired) electrons. The maximum atomic E-state index is 12.9. The second kappa shape index (κ2) is 11.0. The maximum Gasteiger partial charge on any atom is 0.324 e. The number of methoxy groups -OCH3 is 1. The predicted molar refractivity (Wildman–Crippen MR) is 150 cm³/mol. The Kier molecular flexibility index (Phi) is 7.38. The molecule has 0 unspecified atom stereocenters. The summed E-state index contributed by atoms with van der Waals surface area (Å²) in [5.74, 6) is 3.03. The first kappa shape index (κ1) is 26.1. The molecule has 0 atom stereocenters. The number of rotatable bonds is 8. The Labute approximate surface area is 227 Å². The van der Waals surface area contributed by atoms with E-state index in [0.717, 1.165) is 22.7 Å². The minimum absolute atomic E-state index is 0.174. The molecule has 2 amide bonds. The molecule has 3 N–H and O–H groups in total. The zero-order valence-electron chi connectivity index (χ0n) is 22.3. The summed E-state index contributed by atoms with van der Waals surface area (Å²) in [4.78, 5) is 17.3. The summed E-state index contributed by atoms with van der Waals surface area (Å²) in [5.41, 5.74) is 3.33. The van der Waals surface area contributed by atoms with Crippen molar-refractivity contribution in [3.63, 3.8) is 0 Å². The number of aromatic nitrogens is 2. The Hall–Kier alpha value is -4.57. The number of aryl methyl sites for hydroxylation is 1. The van der Waals surface area contributed by atoms with Crippen molar-refractivity contribution < 1.29 is 19.0 Å². The number of hydrogen-bond acceptors (Lipinski definition) is 7. The summed E-state index contributed by atoms with van der Waals surface area (Å²) in [6, 6.07) is 16.7. The van der Waals surface area contributed by atoms with Crippen molar-refractivity contribution in [1.82, 2.24) is 15.1 Å². The lowest BCUT2D eigenvalue weighted by atomic mass is 9.85. The van der Waals surface area contributed by atoms with Crippen molar-refractivity contribution >= 4 is 23.4 Å². The topological polar surface area (TPSA) is 111 Å². The molecular weight excluding hydrogens is 496 g/mol. The SMILES string of the molecule is C=C(NC1=NCCC(Oc2ccc(NC(=O)Nc3cc(C4(C)COC4)nn3-c3ccc(C)cc3)cc2)=C1)OC. The van der Waals surface area contributed by atoms with Crippen LogP contribution in [0.4, 0.5) is 16.3 Å². The number of anilines is 2. The van der Waals surface area contributed by atoms with Gasteiger partial charge in [-0.3, -0.25) is 10.3 Å². The summed E-state index contributed by atoms with van der Waals surface area (Å²) in [7, 11) is 1.54. The molecule has 0 aliphatic carbocycles. The van der Waals surface area contributed by atoms with Crippen LogP contribution in [0.3, 0.4) is 0 Å². The van der Waals surface area contributed by atoms with Crippen LogP contribution in [0.2, 0.25) is 0 Å². The summed E-state index contributed by atoms with van der Waals surface area (Å²) in [6.07, 6.45) is 2.49. The minimum atomic E-state index is -0.376. The molecule has 202 valence electrons. The van der Waals surface area contributed by atoms with Crippen molar-refractivity contribution in [2.24, 2.45) is 4.99 Å². The van der Waals surface area contributed by atoms with E-state index in [1.54, 1.807) is 28.9 Å². The molecule has 3 heterocycles. The van der Waals surface area contributed by atoms with Crippen LogP contribution in [-0.4, -0.2) is 48.5 Å². The van der Waals surface area contributed by atoms with Gasteiger partial charge in [0.15, 0.2) is 5.88 Å². The number of ether oxygens (including phenoxy) is 3. The first-order valence-electron chi connectivity index (χ1n) is 12.7. The van der Waals surface area contributed by atoms with Gasteiger partial charge in [-0.15, -0.1) is 0 Å². The molecular formula is C29H32N6O4. The highest BCUT2D eigenvalue weighted by molar-refractivity contribution is 5.99. The molecule has 1 aromatic heterocycles. The standard InChI is InChI=1S/C29H32N6O4/c1-19-5-9-22(10-6-19)35-27(16-25(34-35)29(3)17-38-18-29)33-28(36)32-21-7-11-23(12-8-21)39-24-13-14-30-26(15-24)31-20(2)37-4/h5-12,15-16H,2,13-14,17-18H2,1,3-4H3,(H,30,31)(H2,32,33,36). The van der Waals surface area contributed by atoms with Crippen LogP contribution >= 0.6 is 0 Å². The van der Waals surface area contributed by atoms with E-state index in [2.05, 4.69) is 34.4 Å². The van der Waals surface area contributed by atoms with Crippen LogP contribution in [0.15, 0.2) is 83.9 Å². The smallest absolute Gasteiger partial charge is 0.324 e. The van der Waals surface area contributed by atoms with Gasteiger partial charge in [-0.05, 0) is 56.8 Å². The van der Waals surface area contributed by atoms with Gasteiger partial charge < -0.3 is 24.8 Å². The van der Waals surface area contributed by atoms with Crippen molar-refractivity contribution in [3.8, 4) is 11.4 Å². The van der Waals surface area contributed by atoms with Gasteiger partial charge in [0, 0.05) is 30.8 Å². The zero-order chi connectivity index (χ0) is 27.4. The molecule has 3 aromatic rings. The van der Waals surface area contributed by atoms with Crippen LogP contribution in [0, 0.1) is 6.92 Å². The molecule has 10 heteroatoms. The van der Waals surface area contributed by atoms with E-state index in [1.807, 2.05) is 43.3 Å². The zero-order valence-corrected chi connectivity index (χ0v) is 22.3. The third-order valence-electron chi connectivity index (χ3n) is 6.50. The average Bonchev–Trinajstić information content (AvgIpc) is 3.32. The second-order valence-electron chi connectivity index (χ2n) is 9.80. The molecule has 2 aliphatic rings. The molecule has 1 saturated heterocycles. The normalized spacial score (nSPS) is 15.8. The lowest BCUT2D eigenvalue weighted by Gasteiger charge is -2.36. The van der Waals surface area contributed by atoms with Crippen LogP contribution in [0.25, 0.3) is 5.69 Å². The van der Waals surface area contributed by atoms with E-state index >= 15 is 0 Å². The molecule has 5 rings (SSSR count). The summed E-state index contributed by atoms with van der Waals surface area (Å²) in [5, 5.41) is 13.6. The van der Waals surface area contributed by atoms with Gasteiger partial charge in [-0.2, -0.15) is 5.10 Å². The first-order valence-corrected chi connectivity index (χ1v) is 12.7. The van der Waals surface area contributed by atoms with E-state index in [4.69, 9.17) is 19.3 Å². The van der Waals surface area contributed by atoms with Gasteiger partial charge in [-0.1, -0.05) is 17.7 Å². The van der Waals surface area contributed by atoms with Crippen molar-refractivity contribution in [2.45, 2.75) is 25.7 Å². The minimum Gasteiger partial charge on any atom is -0.483 e. The van der Waals surface area contributed by atoms with Crippen molar-refractivity contribution in [2.75, 3.05) is 37.5 Å². The van der Waals surface area contributed by atoms with E-state index in [1.165, 1.54) is 7.11 Å². The number of carbonyl (C=O) groups excluding carboxylic acids is 1. The van der Waals surface area contributed by atoms with Gasteiger partial charge in [0.1, 0.15) is 23.2 Å². The lowest BCUT2D eigenvalue weighted by Crippen LogP contribution is -2.44. The Morgan fingerprint density at radius 3 is 2.49 bits per heavy atom. The van der Waals surface area contributed by atoms with E-state index in [-0.39, 0.29) is 11.4 Å². The van der Waals surface area contributed by atoms with Crippen LogP contribution < -0.4 is 20.7 Å². The number of amidine groups is 1. The van der Waals surface area contributed by atoms with E-state index in [0.29, 0.717) is 55.2 Å². The number of aliphatic imine (C=N–C) groups is 1. The van der Waals surface area contributed by atoms with E-state index < -0.39 is 0 Å². The lowest BCUT2D eigenvalue weighted by molar-refractivity contribution is -0.0522. The molecule has 10 nitrogen and oxygen atoms in total. The molecule has 0 saturated carbocycles. The van der Waals surface area contributed by atoms with Gasteiger partial charge in [0.2, 0.25) is 0 Å². The number of nitrogens with zero attached hydrogens (tertiary/aromatic N) is 3. The number of amides is 2. The highest BCUT2D eigenvalue weighted by Gasteiger charge is 2.38. The Morgan fingerprint density at radius 1 is 1.08 bits per heavy atom. The van der Waals surface area contributed by atoms with Gasteiger partial charge in [0.05, 0.1) is 37.1 Å². The quantitative estimate of drug-likeness (QED) is 0.359. The Balaban J connectivity index is 1.25. The summed E-state index contributed by atoms with van der Waals surface area (Å²) in [6.45, 7) is 9.67. The molecule has 0 bridgehead atoms. The second-order valence-corrected chi connectivity index (χ2v) is 9.80. The fourth-order valence-corrected chi connectivity index (χ4v) is 4.15. The molecule has 1 fully saturated rings. The fraction of sp³-hybridized carbons (Fsp3) is 0.276. The molecule has 2 aliphatic heterocycles. The third-order valence-corrected chi connectivity index (χ3v) is 6.50. The predicted octanol–water partition coefficient (Wildman–Crippen LogP) is 4.88.